The number of aliphatic hydroxyl groups excluding tert-OH is 1. The molecule has 40 heavy (non-hydrogen) atoms. The number of hydrogen-bond donors (Lipinski definition) is 3. The summed E-state index contributed by atoms with van der Waals surface area (Å²) in [5.74, 6) is 2.07. The molecule has 12 nitrogen and oxygen atoms in total. The maximum atomic E-state index is 11.8. The van der Waals surface area contributed by atoms with Gasteiger partial charge in [-0.1, -0.05) is 33.6 Å². The van der Waals surface area contributed by atoms with Crippen molar-refractivity contribution in [2.75, 3.05) is 58.6 Å². The number of phosphoric acid groups is 1. The number of fused-ring (bicyclic) bond motifs is 3. The van der Waals surface area contributed by atoms with Crippen molar-refractivity contribution in [2.45, 2.75) is 53.0 Å². The maximum absolute atomic E-state index is 11.8. The van der Waals surface area contributed by atoms with Gasteiger partial charge in [-0.25, -0.2) is 14.5 Å². The summed E-state index contributed by atoms with van der Waals surface area (Å²) in [6, 6.07) is 5.65. The van der Waals surface area contributed by atoms with Gasteiger partial charge >= 0.3 is 7.82 Å². The van der Waals surface area contributed by atoms with E-state index in [0.29, 0.717) is 55.6 Å². The first-order chi connectivity index (χ1) is 19.3. The molecule has 2 atom stereocenters. The van der Waals surface area contributed by atoms with Gasteiger partial charge in [-0.15, -0.1) is 0 Å². The van der Waals surface area contributed by atoms with E-state index in [1.807, 2.05) is 36.6 Å². The quantitative estimate of drug-likeness (QED) is 0.130. The van der Waals surface area contributed by atoms with Crippen LogP contribution >= 0.6 is 7.82 Å². The van der Waals surface area contributed by atoms with Crippen LogP contribution < -0.4 is 10.5 Å². The van der Waals surface area contributed by atoms with E-state index in [1.165, 1.54) is 0 Å². The Bertz CT molecular complexity index is 1250. The van der Waals surface area contributed by atoms with Gasteiger partial charge in [0.25, 0.3) is 0 Å². The highest BCUT2D eigenvalue weighted by Crippen LogP contribution is 2.43. The molecule has 0 fully saturated rings. The second-order valence-electron chi connectivity index (χ2n) is 9.56. The van der Waals surface area contributed by atoms with Gasteiger partial charge in [0, 0.05) is 24.4 Å². The minimum absolute atomic E-state index is 0.00648. The van der Waals surface area contributed by atoms with Gasteiger partial charge < -0.3 is 34.5 Å². The van der Waals surface area contributed by atoms with E-state index in [-0.39, 0.29) is 32.3 Å². The van der Waals surface area contributed by atoms with Crippen molar-refractivity contribution in [1.29, 1.82) is 0 Å². The Morgan fingerprint density at radius 1 is 1.05 bits per heavy atom. The third-order valence-electron chi connectivity index (χ3n) is 6.40. The Morgan fingerprint density at radius 3 is 2.48 bits per heavy atom. The fourth-order valence-corrected chi connectivity index (χ4v) is 4.85. The summed E-state index contributed by atoms with van der Waals surface area (Å²) in [5.41, 5.74) is 8.49. The zero-order chi connectivity index (χ0) is 29.0. The lowest BCUT2D eigenvalue weighted by Crippen LogP contribution is -2.13. The Kier molecular flexibility index (Phi) is 13.1. The van der Waals surface area contributed by atoms with Gasteiger partial charge in [0.1, 0.15) is 23.7 Å². The average Bonchev–Trinajstić information content (AvgIpc) is 3.30. The average molecular weight is 583 g/mol. The number of nitrogens with two attached hydrogens (primary N) is 1. The zero-order valence-electron chi connectivity index (χ0n) is 23.7. The molecule has 2 heterocycles. The Balaban J connectivity index is 1.42. The number of phosphoric ester groups is 1. The highest BCUT2D eigenvalue weighted by Gasteiger charge is 2.21. The van der Waals surface area contributed by atoms with Crippen LogP contribution in [0.4, 0.5) is 5.82 Å². The molecule has 0 aliphatic rings. The number of rotatable bonds is 20. The fourth-order valence-electron chi connectivity index (χ4n) is 4.02. The summed E-state index contributed by atoms with van der Waals surface area (Å²) < 4.78 is 40.4. The molecule has 2 aromatic heterocycles. The van der Waals surface area contributed by atoms with Crippen molar-refractivity contribution >= 4 is 35.6 Å². The normalized spacial score (nSPS) is 14.1. The lowest BCUT2D eigenvalue weighted by atomic mass is 10.1. The summed E-state index contributed by atoms with van der Waals surface area (Å²) >= 11 is 0. The van der Waals surface area contributed by atoms with Gasteiger partial charge in [-0.3, -0.25) is 9.05 Å². The van der Waals surface area contributed by atoms with Crippen molar-refractivity contribution in [1.82, 2.24) is 14.5 Å². The molecule has 224 valence electrons. The zero-order valence-corrected chi connectivity index (χ0v) is 24.6. The van der Waals surface area contributed by atoms with Crippen LogP contribution in [0.2, 0.25) is 0 Å². The highest BCUT2D eigenvalue weighted by atomic mass is 31.2. The number of pyridine rings is 1. The minimum Gasteiger partial charge on any atom is -0.491 e. The molecule has 0 amide bonds. The highest BCUT2D eigenvalue weighted by molar-refractivity contribution is 7.47. The summed E-state index contributed by atoms with van der Waals surface area (Å²) in [7, 11) is -4.05. The molecule has 1 unspecified atom stereocenters. The molecule has 0 aliphatic carbocycles. The number of benzene rings is 1. The molecule has 0 radical (unpaired) electrons. The number of nitrogens with zero attached hydrogens (tertiary/aromatic N) is 3. The number of aromatic nitrogens is 3. The number of aryl methyl sites for hydroxylation is 1. The fraction of sp³-hybridized carbons (Fsp3) is 0.630. The number of nitrogen functional groups attached to an aromatic ring is 1. The van der Waals surface area contributed by atoms with E-state index in [4.69, 9.17) is 34.0 Å². The Hall–Kier alpha value is -2.31. The topological polar surface area (TPSA) is 160 Å². The van der Waals surface area contributed by atoms with Crippen molar-refractivity contribution in [2.24, 2.45) is 5.92 Å². The van der Waals surface area contributed by atoms with E-state index in [2.05, 4.69) is 11.9 Å². The third kappa shape index (κ3) is 9.37. The van der Waals surface area contributed by atoms with Gasteiger partial charge in [0.15, 0.2) is 5.82 Å². The number of hydrogen-bond acceptors (Lipinski definition) is 10. The summed E-state index contributed by atoms with van der Waals surface area (Å²) in [4.78, 5) is 18.9. The molecular weight excluding hydrogens is 539 g/mol. The molecule has 0 spiro atoms. The first-order valence-electron chi connectivity index (χ1n) is 13.9. The van der Waals surface area contributed by atoms with Crippen LogP contribution in [0.1, 0.15) is 45.9 Å². The monoisotopic (exact) mass is 582 g/mol. The molecule has 0 saturated carbocycles. The lowest BCUT2D eigenvalue weighted by molar-refractivity contribution is 0.0219. The molecule has 1 aromatic carbocycles. The van der Waals surface area contributed by atoms with Gasteiger partial charge in [-0.05, 0) is 24.5 Å². The van der Waals surface area contributed by atoms with E-state index in [9.17, 15) is 14.6 Å². The van der Waals surface area contributed by atoms with Crippen LogP contribution in [-0.2, 0) is 36.1 Å². The molecule has 3 aromatic rings. The molecule has 0 saturated heterocycles. The van der Waals surface area contributed by atoms with Crippen LogP contribution in [0.15, 0.2) is 18.2 Å². The SMILES string of the molecule is CCCCc1nc2c(N)nc3cc(OCCOCCOCCOP(=O)(O)OC[C@H](C)CC)ccc3c2n1CCO. The van der Waals surface area contributed by atoms with Gasteiger partial charge in [-0.2, -0.15) is 0 Å². The Labute approximate surface area is 235 Å². The van der Waals surface area contributed by atoms with Crippen LogP contribution in [-0.4, -0.2) is 77.4 Å². The Morgan fingerprint density at radius 2 is 1.77 bits per heavy atom. The van der Waals surface area contributed by atoms with Crippen LogP contribution in [0.25, 0.3) is 21.9 Å². The van der Waals surface area contributed by atoms with Crippen LogP contribution in [0.5, 0.6) is 5.75 Å². The predicted octanol–water partition coefficient (Wildman–Crippen LogP) is 4.09. The third-order valence-corrected chi connectivity index (χ3v) is 7.39. The maximum Gasteiger partial charge on any atom is 0.472 e. The van der Waals surface area contributed by atoms with Crippen LogP contribution in [0.3, 0.4) is 0 Å². The predicted molar refractivity (Wildman–Crippen MR) is 153 cm³/mol. The summed E-state index contributed by atoms with van der Waals surface area (Å²) in [5, 5.41) is 10.6. The smallest absolute Gasteiger partial charge is 0.472 e. The number of ether oxygens (including phenoxy) is 3. The first-order valence-corrected chi connectivity index (χ1v) is 15.4. The van der Waals surface area contributed by atoms with Crippen molar-refractivity contribution < 1.29 is 37.8 Å². The molecule has 13 heteroatoms. The van der Waals surface area contributed by atoms with Crippen molar-refractivity contribution in [3.63, 3.8) is 0 Å². The van der Waals surface area contributed by atoms with Crippen LogP contribution in [0, 0.1) is 5.92 Å². The molecule has 4 N–H and O–H groups in total. The standard InChI is InChI=1S/C27H43N4O8P/c1-4-6-7-24-30-25-26(31(24)10-11-32)22-9-8-21(18-23(22)29-27(25)28)37-16-14-35-12-13-36-15-17-38-40(33,34)39-19-20(3)5-2/h8-9,18,20,32H,4-7,10-17,19H2,1-3H3,(H2,28,29)(H,33,34)/t20-/m1/s1. The van der Waals surface area contributed by atoms with Crippen molar-refractivity contribution in [3.05, 3.63) is 24.0 Å². The molecular formula is C27H43N4O8P. The summed E-state index contributed by atoms with van der Waals surface area (Å²) in [6.07, 6.45) is 3.71. The number of anilines is 1. The van der Waals surface area contributed by atoms with E-state index < -0.39 is 7.82 Å². The molecule has 3 rings (SSSR count). The van der Waals surface area contributed by atoms with Gasteiger partial charge in [0.2, 0.25) is 0 Å². The second-order valence-corrected chi connectivity index (χ2v) is 11.0. The lowest BCUT2D eigenvalue weighted by Gasteiger charge is -2.14. The number of imidazole rings is 1. The first kappa shape index (κ1) is 32.2. The van der Waals surface area contributed by atoms with E-state index in [1.54, 1.807) is 0 Å². The molecule has 0 bridgehead atoms. The number of unbranched alkanes of at least 4 members (excludes halogenated alkanes) is 1. The largest absolute Gasteiger partial charge is 0.491 e. The number of aliphatic hydroxyl groups is 1. The van der Waals surface area contributed by atoms with E-state index >= 15 is 0 Å². The minimum atomic E-state index is -4.05. The van der Waals surface area contributed by atoms with Gasteiger partial charge in [0.05, 0.1) is 57.3 Å². The van der Waals surface area contributed by atoms with Crippen molar-refractivity contribution in [3.8, 4) is 5.75 Å². The van der Waals surface area contributed by atoms with E-state index in [0.717, 1.165) is 42.4 Å². The molecule has 0 aliphatic heterocycles. The second kappa shape index (κ2) is 16.2. The summed E-state index contributed by atoms with van der Waals surface area (Å²) in [6.45, 7) is 8.09.